The highest BCUT2D eigenvalue weighted by atomic mass is 16.5. The molecule has 0 aliphatic rings. The summed E-state index contributed by atoms with van der Waals surface area (Å²) in [6, 6.07) is 6.39. The molecule has 0 aliphatic heterocycles. The molecule has 0 saturated carbocycles. The number of amides is 1. The fourth-order valence-electron chi connectivity index (χ4n) is 1.33. The van der Waals surface area contributed by atoms with Crippen molar-refractivity contribution in [3.8, 4) is 0 Å². The van der Waals surface area contributed by atoms with E-state index in [0.29, 0.717) is 10.9 Å². The van der Waals surface area contributed by atoms with Crippen molar-refractivity contribution in [1.29, 1.82) is 0 Å². The molecule has 1 aromatic carbocycles. The lowest BCUT2D eigenvalue weighted by atomic mass is 10.2. The molecular weight excluding hydrogens is 196 g/mol. The van der Waals surface area contributed by atoms with Gasteiger partial charge in [-0.25, -0.2) is 9.59 Å². The van der Waals surface area contributed by atoms with Crippen LogP contribution < -0.4 is 5.63 Å². The molecule has 0 saturated heterocycles. The number of nitrogens with zero attached hydrogens (tertiary/aromatic N) is 2. The molecule has 78 valence electrons. The quantitative estimate of drug-likeness (QED) is 0.649. The molecule has 15 heavy (non-hydrogen) atoms. The summed E-state index contributed by atoms with van der Waals surface area (Å²) >= 11 is 0. The van der Waals surface area contributed by atoms with Gasteiger partial charge in [-0.15, -0.1) is 4.74 Å². The third kappa shape index (κ3) is 1.41. The number of benzene rings is 1. The topological polar surface area (TPSA) is 55.5 Å². The van der Waals surface area contributed by atoms with Gasteiger partial charge in [0, 0.05) is 14.1 Å². The average Bonchev–Trinajstić information content (AvgIpc) is 2.56. The van der Waals surface area contributed by atoms with E-state index < -0.39 is 5.63 Å². The van der Waals surface area contributed by atoms with Gasteiger partial charge >= 0.3 is 11.7 Å². The lowest BCUT2D eigenvalue weighted by Crippen LogP contribution is -2.26. The molecule has 0 fully saturated rings. The zero-order chi connectivity index (χ0) is 11.0. The lowest BCUT2D eigenvalue weighted by Gasteiger charge is -2.08. The van der Waals surface area contributed by atoms with Crippen LogP contribution in [-0.4, -0.2) is 29.8 Å². The zero-order valence-corrected chi connectivity index (χ0v) is 8.43. The first kappa shape index (κ1) is 9.51. The highest BCUT2D eigenvalue weighted by Crippen LogP contribution is 2.10. The SMILES string of the molecule is CN(C)C(=O)n1oc(=O)c2ccccc21. The number of para-hydroxylation sites is 1. The summed E-state index contributed by atoms with van der Waals surface area (Å²) in [7, 11) is 3.19. The van der Waals surface area contributed by atoms with Crippen LogP contribution in [0, 0.1) is 0 Å². The van der Waals surface area contributed by atoms with Crippen molar-refractivity contribution >= 4 is 16.9 Å². The maximum absolute atomic E-state index is 11.6. The van der Waals surface area contributed by atoms with Crippen LogP contribution in [0.2, 0.25) is 0 Å². The predicted octanol–water partition coefficient (Wildman–Crippen LogP) is 1.12. The Kier molecular flexibility index (Phi) is 2.07. The van der Waals surface area contributed by atoms with Gasteiger partial charge in [-0.05, 0) is 12.1 Å². The van der Waals surface area contributed by atoms with E-state index in [2.05, 4.69) is 0 Å². The van der Waals surface area contributed by atoms with E-state index in [1.165, 1.54) is 4.90 Å². The van der Waals surface area contributed by atoms with E-state index in [9.17, 15) is 9.59 Å². The fraction of sp³-hybridized carbons (Fsp3) is 0.200. The second-order valence-corrected chi connectivity index (χ2v) is 3.37. The minimum absolute atomic E-state index is 0.381. The van der Waals surface area contributed by atoms with Crippen LogP contribution in [0.4, 0.5) is 4.79 Å². The number of carbonyl (C=O) groups is 1. The van der Waals surface area contributed by atoms with E-state index in [0.717, 1.165) is 4.74 Å². The first-order valence-electron chi connectivity index (χ1n) is 4.44. The minimum Gasteiger partial charge on any atom is -0.328 e. The Bertz CT molecular complexity index is 565. The van der Waals surface area contributed by atoms with Gasteiger partial charge in [-0.3, -0.25) is 0 Å². The molecule has 1 amide bonds. The molecule has 5 nitrogen and oxygen atoms in total. The second-order valence-electron chi connectivity index (χ2n) is 3.37. The van der Waals surface area contributed by atoms with E-state index >= 15 is 0 Å². The Morgan fingerprint density at radius 2 is 2.00 bits per heavy atom. The van der Waals surface area contributed by atoms with Crippen LogP contribution in [0.15, 0.2) is 33.6 Å². The number of hydrogen-bond acceptors (Lipinski definition) is 3. The maximum Gasteiger partial charge on any atom is 0.366 e. The van der Waals surface area contributed by atoms with Crippen LogP contribution in [-0.2, 0) is 0 Å². The smallest absolute Gasteiger partial charge is 0.328 e. The third-order valence-electron chi connectivity index (χ3n) is 2.07. The Morgan fingerprint density at radius 1 is 1.33 bits per heavy atom. The van der Waals surface area contributed by atoms with Gasteiger partial charge in [-0.2, -0.15) is 0 Å². The van der Waals surface area contributed by atoms with Crippen molar-refractivity contribution in [2.24, 2.45) is 0 Å². The summed E-state index contributed by atoms with van der Waals surface area (Å²) < 4.78 is 5.86. The van der Waals surface area contributed by atoms with Gasteiger partial charge in [0.2, 0.25) is 0 Å². The standard InChI is InChI=1S/C10H10N2O3/c1-11(2)10(14)12-8-6-4-3-5-7(8)9(13)15-12/h3-6H,1-2H3. The van der Waals surface area contributed by atoms with E-state index in [1.807, 2.05) is 0 Å². The van der Waals surface area contributed by atoms with Crippen molar-refractivity contribution in [3.05, 3.63) is 34.7 Å². The number of rotatable bonds is 0. The summed E-state index contributed by atoms with van der Waals surface area (Å²) in [6.07, 6.45) is 0. The molecule has 2 aromatic rings. The summed E-state index contributed by atoms with van der Waals surface area (Å²) in [5.74, 6) is 0. The highest BCUT2D eigenvalue weighted by Gasteiger charge is 2.15. The fourth-order valence-corrected chi connectivity index (χ4v) is 1.33. The van der Waals surface area contributed by atoms with Gasteiger partial charge in [-0.1, -0.05) is 12.1 Å². The molecule has 0 bridgehead atoms. The van der Waals surface area contributed by atoms with Crippen LogP contribution >= 0.6 is 0 Å². The number of aromatic nitrogens is 1. The Hall–Kier alpha value is -2.04. The second kappa shape index (κ2) is 3.27. The van der Waals surface area contributed by atoms with Crippen LogP contribution in [0.3, 0.4) is 0 Å². The molecular formula is C10H10N2O3. The van der Waals surface area contributed by atoms with Crippen molar-refractivity contribution in [2.45, 2.75) is 0 Å². The van der Waals surface area contributed by atoms with E-state index in [4.69, 9.17) is 4.52 Å². The van der Waals surface area contributed by atoms with Gasteiger partial charge in [0.25, 0.3) is 0 Å². The monoisotopic (exact) mass is 206 g/mol. The van der Waals surface area contributed by atoms with Crippen LogP contribution in [0.5, 0.6) is 0 Å². The first-order valence-corrected chi connectivity index (χ1v) is 4.44. The lowest BCUT2D eigenvalue weighted by molar-refractivity contribution is 0.186. The number of fused-ring (bicyclic) bond motifs is 1. The van der Waals surface area contributed by atoms with Crippen molar-refractivity contribution in [1.82, 2.24) is 9.64 Å². The average molecular weight is 206 g/mol. The molecule has 0 atom stereocenters. The maximum atomic E-state index is 11.6. The molecule has 0 radical (unpaired) electrons. The first-order chi connectivity index (χ1) is 7.11. The Labute approximate surface area is 85.5 Å². The largest absolute Gasteiger partial charge is 0.366 e. The minimum atomic E-state index is -0.499. The molecule has 0 spiro atoms. The molecule has 0 unspecified atom stereocenters. The summed E-state index contributed by atoms with van der Waals surface area (Å²) in [5.41, 5.74) is -0.0120. The van der Waals surface area contributed by atoms with E-state index in [1.54, 1.807) is 38.4 Å². The van der Waals surface area contributed by atoms with Crippen LogP contribution in [0.1, 0.15) is 0 Å². The van der Waals surface area contributed by atoms with Crippen molar-refractivity contribution in [2.75, 3.05) is 14.1 Å². The van der Waals surface area contributed by atoms with Gasteiger partial charge in [0.05, 0.1) is 5.39 Å². The Balaban J connectivity index is 2.73. The van der Waals surface area contributed by atoms with Crippen molar-refractivity contribution in [3.63, 3.8) is 0 Å². The normalized spacial score (nSPS) is 10.5. The zero-order valence-electron chi connectivity index (χ0n) is 8.43. The van der Waals surface area contributed by atoms with Gasteiger partial charge in [0.1, 0.15) is 5.52 Å². The molecule has 0 aliphatic carbocycles. The highest BCUT2D eigenvalue weighted by molar-refractivity contribution is 5.88. The van der Waals surface area contributed by atoms with Gasteiger partial charge < -0.3 is 9.42 Å². The summed E-state index contributed by atoms with van der Waals surface area (Å²) in [6.45, 7) is 0. The third-order valence-corrected chi connectivity index (χ3v) is 2.07. The molecule has 1 heterocycles. The summed E-state index contributed by atoms with van der Waals surface area (Å²) in [4.78, 5) is 24.3. The van der Waals surface area contributed by atoms with E-state index in [-0.39, 0.29) is 6.03 Å². The predicted molar refractivity (Wildman–Crippen MR) is 55.0 cm³/mol. The number of hydrogen-bond donors (Lipinski definition) is 0. The molecule has 5 heteroatoms. The molecule has 2 rings (SSSR count). The van der Waals surface area contributed by atoms with Crippen molar-refractivity contribution < 1.29 is 9.32 Å². The molecule has 1 aromatic heterocycles. The Morgan fingerprint density at radius 3 is 2.67 bits per heavy atom. The van der Waals surface area contributed by atoms with Crippen LogP contribution in [0.25, 0.3) is 10.9 Å². The van der Waals surface area contributed by atoms with Gasteiger partial charge in [0.15, 0.2) is 0 Å². The molecule has 0 N–H and O–H groups in total. The summed E-state index contributed by atoms with van der Waals surface area (Å²) in [5, 5.41) is 0.410. The number of carbonyl (C=O) groups excluding carboxylic acids is 1.